The van der Waals surface area contributed by atoms with Crippen molar-refractivity contribution in [3.8, 4) is 0 Å². The van der Waals surface area contributed by atoms with Crippen molar-refractivity contribution < 1.29 is 14.5 Å². The fourth-order valence-electron chi connectivity index (χ4n) is 1.32. The highest BCUT2D eigenvalue weighted by Crippen LogP contribution is 2.13. The molecule has 0 saturated carbocycles. The zero-order valence-corrected chi connectivity index (χ0v) is 9.51. The zero-order chi connectivity index (χ0) is 12.7. The number of ether oxygens (including phenoxy) is 1. The third-order valence-corrected chi connectivity index (χ3v) is 2.08. The molecule has 0 fully saturated rings. The summed E-state index contributed by atoms with van der Waals surface area (Å²) in [5, 5.41) is 13.1. The van der Waals surface area contributed by atoms with Gasteiger partial charge >= 0.3 is 6.09 Å². The zero-order valence-electron chi connectivity index (χ0n) is 9.51. The minimum Gasteiger partial charge on any atom is -0.450 e. The van der Waals surface area contributed by atoms with Crippen molar-refractivity contribution in [2.24, 2.45) is 0 Å². The van der Waals surface area contributed by atoms with Gasteiger partial charge < -0.3 is 10.1 Å². The largest absolute Gasteiger partial charge is 0.450 e. The van der Waals surface area contributed by atoms with Crippen LogP contribution in [0.25, 0.3) is 0 Å². The van der Waals surface area contributed by atoms with Gasteiger partial charge in [-0.2, -0.15) is 0 Å². The number of nitrogens with zero attached hydrogens (tertiary/aromatic N) is 1. The monoisotopic (exact) mass is 238 g/mol. The summed E-state index contributed by atoms with van der Waals surface area (Å²) in [7, 11) is 0. The topological polar surface area (TPSA) is 81.5 Å². The van der Waals surface area contributed by atoms with Gasteiger partial charge in [0.15, 0.2) is 0 Å². The first-order valence-corrected chi connectivity index (χ1v) is 5.27. The van der Waals surface area contributed by atoms with Crippen molar-refractivity contribution >= 4 is 11.8 Å². The number of nitrogens with one attached hydrogen (secondary N) is 1. The van der Waals surface area contributed by atoms with E-state index in [1.165, 1.54) is 12.1 Å². The van der Waals surface area contributed by atoms with E-state index in [2.05, 4.69) is 10.1 Å². The van der Waals surface area contributed by atoms with Crippen LogP contribution in [0.15, 0.2) is 24.3 Å². The Bertz CT molecular complexity index is 406. The summed E-state index contributed by atoms with van der Waals surface area (Å²) in [6.45, 7) is 2.43. The molecule has 0 spiro atoms. The number of nitro groups is 1. The summed E-state index contributed by atoms with van der Waals surface area (Å²) < 4.78 is 4.68. The van der Waals surface area contributed by atoms with E-state index in [1.54, 1.807) is 19.1 Å². The Kier molecular flexibility index (Phi) is 4.93. The van der Waals surface area contributed by atoms with Crippen LogP contribution in [0.2, 0.25) is 0 Å². The molecule has 0 radical (unpaired) electrons. The van der Waals surface area contributed by atoms with Crippen LogP contribution in [0.3, 0.4) is 0 Å². The van der Waals surface area contributed by atoms with E-state index in [9.17, 15) is 14.9 Å². The highest BCUT2D eigenvalue weighted by Gasteiger charge is 2.06. The van der Waals surface area contributed by atoms with Crippen LogP contribution in [-0.2, 0) is 11.2 Å². The molecular weight excluding hydrogens is 224 g/mol. The van der Waals surface area contributed by atoms with Gasteiger partial charge in [0.05, 0.1) is 11.5 Å². The maximum absolute atomic E-state index is 11.0. The van der Waals surface area contributed by atoms with Gasteiger partial charge in [0.25, 0.3) is 5.69 Å². The Balaban J connectivity index is 2.44. The Morgan fingerprint density at radius 1 is 1.53 bits per heavy atom. The fourth-order valence-corrected chi connectivity index (χ4v) is 1.32. The molecular formula is C11H14N2O4. The molecule has 0 aromatic heterocycles. The van der Waals surface area contributed by atoms with E-state index in [-0.39, 0.29) is 5.69 Å². The van der Waals surface area contributed by atoms with E-state index in [0.717, 1.165) is 5.56 Å². The molecule has 92 valence electrons. The lowest BCUT2D eigenvalue weighted by Crippen LogP contribution is -2.26. The standard InChI is InChI=1S/C11H14N2O4/c1-2-17-11(14)12-7-6-9-4-3-5-10(8-9)13(15)16/h3-5,8H,2,6-7H2,1H3,(H,12,14). The third kappa shape index (κ3) is 4.50. The molecule has 0 bridgehead atoms. The smallest absolute Gasteiger partial charge is 0.407 e. The summed E-state index contributed by atoms with van der Waals surface area (Å²) >= 11 is 0. The first kappa shape index (κ1) is 13.0. The molecule has 17 heavy (non-hydrogen) atoms. The second-order valence-electron chi connectivity index (χ2n) is 3.32. The Morgan fingerprint density at radius 3 is 2.94 bits per heavy atom. The molecule has 0 unspecified atom stereocenters. The van der Waals surface area contributed by atoms with Crippen LogP contribution < -0.4 is 5.32 Å². The van der Waals surface area contributed by atoms with Crippen molar-refractivity contribution in [3.63, 3.8) is 0 Å². The molecule has 0 aliphatic rings. The molecule has 0 aliphatic carbocycles. The number of hydrogen-bond acceptors (Lipinski definition) is 4. The highest BCUT2D eigenvalue weighted by molar-refractivity contribution is 5.67. The third-order valence-electron chi connectivity index (χ3n) is 2.08. The first-order valence-electron chi connectivity index (χ1n) is 5.27. The van der Waals surface area contributed by atoms with Crippen molar-refractivity contribution in [3.05, 3.63) is 39.9 Å². The highest BCUT2D eigenvalue weighted by atomic mass is 16.6. The number of carbonyl (C=O) groups is 1. The fraction of sp³-hybridized carbons (Fsp3) is 0.364. The van der Waals surface area contributed by atoms with E-state index in [0.29, 0.717) is 19.6 Å². The molecule has 1 aromatic carbocycles. The normalized spacial score (nSPS) is 9.71. The molecule has 1 aromatic rings. The number of amides is 1. The van der Waals surface area contributed by atoms with Crippen molar-refractivity contribution in [2.75, 3.05) is 13.2 Å². The Morgan fingerprint density at radius 2 is 2.29 bits per heavy atom. The predicted molar refractivity (Wildman–Crippen MR) is 61.8 cm³/mol. The number of rotatable bonds is 5. The van der Waals surface area contributed by atoms with Gasteiger partial charge in [0.2, 0.25) is 0 Å². The minimum absolute atomic E-state index is 0.0543. The number of benzene rings is 1. The Hall–Kier alpha value is -2.11. The number of non-ortho nitro benzene ring substituents is 1. The maximum Gasteiger partial charge on any atom is 0.407 e. The number of carbonyl (C=O) groups excluding carboxylic acids is 1. The molecule has 6 nitrogen and oxygen atoms in total. The first-order chi connectivity index (χ1) is 8.13. The average molecular weight is 238 g/mol. The van der Waals surface area contributed by atoms with E-state index < -0.39 is 11.0 Å². The van der Waals surface area contributed by atoms with Crippen LogP contribution in [0.4, 0.5) is 10.5 Å². The number of hydrogen-bond donors (Lipinski definition) is 1. The quantitative estimate of drug-likeness (QED) is 0.627. The van der Waals surface area contributed by atoms with E-state index >= 15 is 0 Å². The van der Waals surface area contributed by atoms with Crippen molar-refractivity contribution in [1.82, 2.24) is 5.32 Å². The lowest BCUT2D eigenvalue weighted by Gasteiger charge is -2.04. The van der Waals surface area contributed by atoms with Crippen LogP contribution in [-0.4, -0.2) is 24.2 Å². The molecule has 0 heterocycles. The molecule has 0 atom stereocenters. The van der Waals surface area contributed by atoms with E-state index in [4.69, 9.17) is 0 Å². The van der Waals surface area contributed by atoms with Gasteiger partial charge in [-0.05, 0) is 18.9 Å². The number of alkyl carbamates (subject to hydrolysis) is 1. The minimum atomic E-state index is -0.474. The average Bonchev–Trinajstić information content (AvgIpc) is 2.30. The molecule has 1 N–H and O–H groups in total. The summed E-state index contributed by atoms with van der Waals surface area (Å²) in [5.74, 6) is 0. The molecule has 1 amide bonds. The lowest BCUT2D eigenvalue weighted by molar-refractivity contribution is -0.384. The molecule has 0 aliphatic heterocycles. The van der Waals surface area contributed by atoms with Crippen LogP contribution in [0, 0.1) is 10.1 Å². The van der Waals surface area contributed by atoms with Crippen molar-refractivity contribution in [2.45, 2.75) is 13.3 Å². The number of nitro benzene ring substituents is 1. The van der Waals surface area contributed by atoms with E-state index in [1.807, 2.05) is 0 Å². The van der Waals surface area contributed by atoms with Gasteiger partial charge in [0, 0.05) is 18.7 Å². The van der Waals surface area contributed by atoms with Crippen LogP contribution in [0.1, 0.15) is 12.5 Å². The summed E-state index contributed by atoms with van der Waals surface area (Å²) in [6.07, 6.45) is 0.0541. The second kappa shape index (κ2) is 6.47. The maximum atomic E-state index is 11.0. The van der Waals surface area contributed by atoms with Gasteiger partial charge in [-0.1, -0.05) is 12.1 Å². The lowest BCUT2D eigenvalue weighted by atomic mass is 10.1. The Labute approximate surface area is 98.7 Å². The van der Waals surface area contributed by atoms with Gasteiger partial charge in [-0.3, -0.25) is 10.1 Å². The summed E-state index contributed by atoms with van der Waals surface area (Å²) in [5.41, 5.74) is 0.856. The SMILES string of the molecule is CCOC(=O)NCCc1cccc([N+](=O)[O-])c1. The second-order valence-corrected chi connectivity index (χ2v) is 3.32. The van der Waals surface area contributed by atoms with Crippen molar-refractivity contribution in [1.29, 1.82) is 0 Å². The molecule has 1 rings (SSSR count). The van der Waals surface area contributed by atoms with Gasteiger partial charge in [-0.25, -0.2) is 4.79 Å². The van der Waals surface area contributed by atoms with Gasteiger partial charge in [0.1, 0.15) is 0 Å². The summed E-state index contributed by atoms with van der Waals surface area (Å²) in [6, 6.07) is 6.33. The summed E-state index contributed by atoms with van der Waals surface area (Å²) in [4.78, 5) is 21.1. The van der Waals surface area contributed by atoms with Gasteiger partial charge in [-0.15, -0.1) is 0 Å². The predicted octanol–water partition coefficient (Wildman–Crippen LogP) is 1.88. The molecule has 0 saturated heterocycles. The van der Waals surface area contributed by atoms with Crippen LogP contribution >= 0.6 is 0 Å². The van der Waals surface area contributed by atoms with Crippen LogP contribution in [0.5, 0.6) is 0 Å². The molecule has 6 heteroatoms.